The van der Waals surface area contributed by atoms with Crippen molar-refractivity contribution in [1.29, 1.82) is 0 Å². The number of carbonyl (C=O) groups excluding carboxylic acids is 1. The van der Waals surface area contributed by atoms with Gasteiger partial charge in [-0.2, -0.15) is 0 Å². The van der Waals surface area contributed by atoms with Crippen LogP contribution in [0, 0.1) is 17.3 Å². The van der Waals surface area contributed by atoms with E-state index in [1.807, 2.05) is 37.3 Å². The van der Waals surface area contributed by atoms with Gasteiger partial charge in [-0.05, 0) is 11.0 Å². The Kier molecular flexibility index (Phi) is 3.75. The van der Waals surface area contributed by atoms with Crippen LogP contribution in [0.1, 0.15) is 38.1 Å². The minimum Gasteiger partial charge on any atom is -0.294 e. The lowest BCUT2D eigenvalue weighted by molar-refractivity contribution is 0.0915. The number of Topliss-reactive ketones (excluding diaryl/α,β-unsaturated/α-hetero) is 1. The number of allylic oxidation sites excluding steroid dienone is 4. The highest BCUT2D eigenvalue weighted by atomic mass is 16.1. The van der Waals surface area contributed by atoms with Crippen molar-refractivity contribution in [3.63, 3.8) is 0 Å². The van der Waals surface area contributed by atoms with Gasteiger partial charge in [0.05, 0.1) is 0 Å². The first kappa shape index (κ1) is 13.8. The van der Waals surface area contributed by atoms with Crippen LogP contribution in [-0.4, -0.2) is 5.78 Å². The molecule has 0 bridgehead atoms. The van der Waals surface area contributed by atoms with E-state index in [1.54, 1.807) is 0 Å². The van der Waals surface area contributed by atoms with E-state index < -0.39 is 0 Å². The fourth-order valence-electron chi connectivity index (χ4n) is 2.38. The van der Waals surface area contributed by atoms with E-state index in [2.05, 4.69) is 39.0 Å². The standard InChI is InChI=1S/C18H22O/c1-13(17(19)14-8-6-5-7-9-14)15-10-11-16(12-15)18(2,3)4/h5-13,15H,1-4H3. The van der Waals surface area contributed by atoms with E-state index in [9.17, 15) is 4.79 Å². The van der Waals surface area contributed by atoms with Crippen LogP contribution in [-0.2, 0) is 0 Å². The summed E-state index contributed by atoms with van der Waals surface area (Å²) in [5, 5.41) is 0. The molecule has 1 aliphatic rings. The fourth-order valence-corrected chi connectivity index (χ4v) is 2.38. The van der Waals surface area contributed by atoms with Crippen molar-refractivity contribution in [2.24, 2.45) is 17.3 Å². The van der Waals surface area contributed by atoms with Gasteiger partial charge in [-0.3, -0.25) is 4.79 Å². The quantitative estimate of drug-likeness (QED) is 0.717. The number of rotatable bonds is 3. The molecule has 1 aliphatic carbocycles. The average Bonchev–Trinajstić information content (AvgIpc) is 2.87. The molecule has 2 unspecified atom stereocenters. The Balaban J connectivity index is 2.15. The highest BCUT2D eigenvalue weighted by molar-refractivity contribution is 5.98. The van der Waals surface area contributed by atoms with Crippen molar-refractivity contribution in [3.8, 4) is 0 Å². The van der Waals surface area contributed by atoms with Crippen LogP contribution in [0.2, 0.25) is 0 Å². The molecule has 0 amide bonds. The smallest absolute Gasteiger partial charge is 0.166 e. The lowest BCUT2D eigenvalue weighted by atomic mass is 9.84. The van der Waals surface area contributed by atoms with E-state index in [0.29, 0.717) is 0 Å². The second kappa shape index (κ2) is 5.16. The number of carbonyl (C=O) groups is 1. The first-order chi connectivity index (χ1) is 8.89. The molecule has 0 aliphatic heterocycles. The van der Waals surface area contributed by atoms with Crippen molar-refractivity contribution in [1.82, 2.24) is 0 Å². The Labute approximate surface area is 116 Å². The molecule has 2 rings (SSSR count). The van der Waals surface area contributed by atoms with Crippen molar-refractivity contribution >= 4 is 5.78 Å². The highest BCUT2D eigenvalue weighted by Crippen LogP contribution is 2.35. The molecule has 0 heterocycles. The normalized spacial score (nSPS) is 20.2. The van der Waals surface area contributed by atoms with Gasteiger partial charge in [0.15, 0.2) is 5.78 Å². The second-order valence-corrected chi connectivity index (χ2v) is 6.33. The van der Waals surface area contributed by atoms with Gasteiger partial charge in [-0.25, -0.2) is 0 Å². The molecular formula is C18H22O. The molecule has 100 valence electrons. The summed E-state index contributed by atoms with van der Waals surface area (Å²) in [4.78, 5) is 12.4. The molecule has 1 aromatic rings. The van der Waals surface area contributed by atoms with E-state index in [1.165, 1.54) is 5.57 Å². The third-order valence-electron chi connectivity index (χ3n) is 3.79. The molecule has 0 saturated heterocycles. The van der Waals surface area contributed by atoms with E-state index in [0.717, 1.165) is 5.56 Å². The second-order valence-electron chi connectivity index (χ2n) is 6.33. The maximum Gasteiger partial charge on any atom is 0.166 e. The third kappa shape index (κ3) is 3.04. The van der Waals surface area contributed by atoms with E-state index in [-0.39, 0.29) is 23.0 Å². The molecule has 1 heteroatoms. The average molecular weight is 254 g/mol. The largest absolute Gasteiger partial charge is 0.294 e. The molecule has 0 aromatic heterocycles. The molecule has 0 fully saturated rings. The predicted octanol–water partition coefficient (Wildman–Crippen LogP) is 4.66. The summed E-state index contributed by atoms with van der Waals surface area (Å²) in [5.41, 5.74) is 2.28. The van der Waals surface area contributed by atoms with Gasteiger partial charge in [0.25, 0.3) is 0 Å². The first-order valence-electron chi connectivity index (χ1n) is 6.89. The Bertz CT molecular complexity index is 514. The Morgan fingerprint density at radius 2 is 1.79 bits per heavy atom. The van der Waals surface area contributed by atoms with Crippen LogP contribution in [0.5, 0.6) is 0 Å². The maximum absolute atomic E-state index is 12.4. The van der Waals surface area contributed by atoms with Gasteiger partial charge in [0.1, 0.15) is 0 Å². The van der Waals surface area contributed by atoms with E-state index >= 15 is 0 Å². The predicted molar refractivity (Wildman–Crippen MR) is 80.1 cm³/mol. The molecule has 0 N–H and O–H groups in total. The lowest BCUT2D eigenvalue weighted by Crippen LogP contribution is -2.18. The monoisotopic (exact) mass is 254 g/mol. The molecule has 19 heavy (non-hydrogen) atoms. The number of hydrogen-bond donors (Lipinski definition) is 0. The topological polar surface area (TPSA) is 17.1 Å². The van der Waals surface area contributed by atoms with Crippen LogP contribution >= 0.6 is 0 Å². The first-order valence-corrected chi connectivity index (χ1v) is 6.89. The minimum atomic E-state index is -0.00139. The van der Waals surface area contributed by atoms with Crippen molar-refractivity contribution < 1.29 is 4.79 Å². The van der Waals surface area contributed by atoms with Crippen LogP contribution in [0.3, 0.4) is 0 Å². The molecule has 0 radical (unpaired) electrons. The fraction of sp³-hybridized carbons (Fsp3) is 0.389. The van der Waals surface area contributed by atoms with Crippen molar-refractivity contribution in [3.05, 3.63) is 59.7 Å². The molecule has 1 aromatic carbocycles. The third-order valence-corrected chi connectivity index (χ3v) is 3.79. The number of benzene rings is 1. The summed E-state index contributed by atoms with van der Waals surface area (Å²) < 4.78 is 0. The van der Waals surface area contributed by atoms with Crippen molar-refractivity contribution in [2.45, 2.75) is 27.7 Å². The molecule has 0 saturated carbocycles. The lowest BCUT2D eigenvalue weighted by Gasteiger charge is -2.19. The number of ketones is 1. The molecular weight excluding hydrogens is 232 g/mol. The van der Waals surface area contributed by atoms with Crippen LogP contribution in [0.25, 0.3) is 0 Å². The molecule has 2 atom stereocenters. The van der Waals surface area contributed by atoms with Crippen LogP contribution in [0.4, 0.5) is 0 Å². The number of hydrogen-bond acceptors (Lipinski definition) is 1. The summed E-state index contributed by atoms with van der Waals surface area (Å²) >= 11 is 0. The maximum atomic E-state index is 12.4. The van der Waals surface area contributed by atoms with Gasteiger partial charge >= 0.3 is 0 Å². The van der Waals surface area contributed by atoms with Gasteiger partial charge in [-0.15, -0.1) is 0 Å². The summed E-state index contributed by atoms with van der Waals surface area (Å²) in [6.07, 6.45) is 6.57. The van der Waals surface area contributed by atoms with Crippen LogP contribution in [0.15, 0.2) is 54.1 Å². The van der Waals surface area contributed by atoms with Crippen LogP contribution < -0.4 is 0 Å². The Morgan fingerprint density at radius 1 is 1.16 bits per heavy atom. The zero-order chi connectivity index (χ0) is 14.0. The summed E-state index contributed by atoms with van der Waals surface area (Å²) in [6.45, 7) is 8.63. The Hall–Kier alpha value is -1.63. The Morgan fingerprint density at radius 3 is 2.32 bits per heavy atom. The highest BCUT2D eigenvalue weighted by Gasteiger charge is 2.27. The van der Waals surface area contributed by atoms with Gasteiger partial charge in [0, 0.05) is 17.4 Å². The zero-order valence-corrected chi connectivity index (χ0v) is 12.2. The van der Waals surface area contributed by atoms with Gasteiger partial charge < -0.3 is 0 Å². The summed E-state index contributed by atoms with van der Waals surface area (Å²) in [7, 11) is 0. The summed E-state index contributed by atoms with van der Waals surface area (Å²) in [5.74, 6) is 0.446. The SMILES string of the molecule is CC(C(=O)c1ccccc1)C1C=CC(C(C)(C)C)=C1. The summed E-state index contributed by atoms with van der Waals surface area (Å²) in [6, 6.07) is 9.56. The zero-order valence-electron chi connectivity index (χ0n) is 12.2. The minimum absolute atomic E-state index is 0.00139. The van der Waals surface area contributed by atoms with Gasteiger partial charge in [0.2, 0.25) is 0 Å². The van der Waals surface area contributed by atoms with E-state index in [4.69, 9.17) is 0 Å². The van der Waals surface area contributed by atoms with Crippen molar-refractivity contribution in [2.75, 3.05) is 0 Å². The molecule has 0 spiro atoms. The molecule has 1 nitrogen and oxygen atoms in total. The van der Waals surface area contributed by atoms with Gasteiger partial charge in [-0.1, -0.05) is 76.3 Å².